The second-order valence-electron chi connectivity index (χ2n) is 7.88. The molecule has 0 bridgehead atoms. The van der Waals surface area contributed by atoms with Crippen LogP contribution in [-0.2, 0) is 11.2 Å². The summed E-state index contributed by atoms with van der Waals surface area (Å²) >= 11 is 6.05. The quantitative estimate of drug-likeness (QED) is 0.248. The topological polar surface area (TPSA) is 162 Å². The number of anilines is 3. The summed E-state index contributed by atoms with van der Waals surface area (Å²) in [6.45, 7) is 0.0824. The van der Waals surface area contributed by atoms with E-state index in [4.69, 9.17) is 21.1 Å². The van der Waals surface area contributed by atoms with Gasteiger partial charge in [-0.05, 0) is 47.9 Å². The van der Waals surface area contributed by atoms with E-state index in [9.17, 15) is 20.4 Å². The Morgan fingerprint density at radius 1 is 0.886 bits per heavy atom. The van der Waals surface area contributed by atoms with Gasteiger partial charge in [-0.1, -0.05) is 30.3 Å². The molecule has 3 aromatic rings. The molecule has 1 aromatic heterocycles. The van der Waals surface area contributed by atoms with Gasteiger partial charge in [-0.2, -0.15) is 15.0 Å². The molecule has 12 heteroatoms. The van der Waals surface area contributed by atoms with E-state index in [2.05, 4.69) is 25.6 Å². The summed E-state index contributed by atoms with van der Waals surface area (Å²) in [5, 5.41) is 45.4. The molecule has 2 heterocycles. The summed E-state index contributed by atoms with van der Waals surface area (Å²) < 4.78 is 10.9. The summed E-state index contributed by atoms with van der Waals surface area (Å²) in [4.78, 5) is 12.5. The van der Waals surface area contributed by atoms with Gasteiger partial charge in [0.05, 0.1) is 6.61 Å². The monoisotopic (exact) mass is 503 g/mol. The van der Waals surface area contributed by atoms with Crippen LogP contribution in [0.15, 0.2) is 54.6 Å². The van der Waals surface area contributed by atoms with Gasteiger partial charge in [-0.15, -0.1) is 0 Å². The normalized spacial score (nSPS) is 24.1. The van der Waals surface area contributed by atoms with Gasteiger partial charge in [-0.3, -0.25) is 0 Å². The summed E-state index contributed by atoms with van der Waals surface area (Å²) in [6.07, 6.45) is -5.99. The van der Waals surface area contributed by atoms with E-state index >= 15 is 0 Å². The zero-order chi connectivity index (χ0) is 24.8. The first-order chi connectivity index (χ1) is 16.9. The molecule has 1 aliphatic rings. The number of rotatable bonds is 9. The van der Waals surface area contributed by atoms with Gasteiger partial charge in [-0.25, -0.2) is 0 Å². The third-order valence-electron chi connectivity index (χ3n) is 5.36. The van der Waals surface area contributed by atoms with Gasteiger partial charge < -0.3 is 40.5 Å². The Bertz CT molecular complexity index is 1090. The Labute approximate surface area is 206 Å². The molecule has 1 saturated heterocycles. The number of hydrogen-bond donors (Lipinski definition) is 6. The number of hydrogen-bond acceptors (Lipinski definition) is 11. The Hall–Kier alpha value is -3.06. The van der Waals surface area contributed by atoms with Crippen molar-refractivity contribution in [2.45, 2.75) is 37.1 Å². The molecule has 0 radical (unpaired) electrons. The highest BCUT2D eigenvalue weighted by molar-refractivity contribution is 6.28. The van der Waals surface area contributed by atoms with Crippen molar-refractivity contribution in [3.8, 4) is 5.75 Å². The highest BCUT2D eigenvalue weighted by atomic mass is 35.5. The van der Waals surface area contributed by atoms with Crippen LogP contribution in [0.25, 0.3) is 0 Å². The number of aliphatic hydroxyl groups is 4. The van der Waals surface area contributed by atoms with Gasteiger partial charge >= 0.3 is 0 Å². The van der Waals surface area contributed by atoms with Crippen LogP contribution in [0, 0.1) is 0 Å². The van der Waals surface area contributed by atoms with Crippen LogP contribution in [0.5, 0.6) is 5.75 Å². The van der Waals surface area contributed by atoms with E-state index in [0.717, 1.165) is 6.42 Å². The summed E-state index contributed by atoms with van der Waals surface area (Å²) in [6, 6.07) is 16.6. The molecular formula is C23H26ClN5O6. The van der Waals surface area contributed by atoms with Gasteiger partial charge in [0.25, 0.3) is 0 Å². The fraction of sp³-hybridized carbons (Fsp3) is 0.348. The summed E-state index contributed by atoms with van der Waals surface area (Å²) in [7, 11) is 0. The molecule has 0 aliphatic carbocycles. The molecule has 5 atom stereocenters. The fourth-order valence-electron chi connectivity index (χ4n) is 3.49. The number of benzene rings is 2. The smallest absolute Gasteiger partial charge is 0.233 e. The van der Waals surface area contributed by atoms with Crippen molar-refractivity contribution in [3.63, 3.8) is 0 Å². The zero-order valence-corrected chi connectivity index (χ0v) is 19.3. The summed E-state index contributed by atoms with van der Waals surface area (Å²) in [5.74, 6) is 0.914. The second kappa shape index (κ2) is 11.6. The Kier molecular flexibility index (Phi) is 8.29. The van der Waals surface area contributed by atoms with Crippen molar-refractivity contribution >= 4 is 29.2 Å². The largest absolute Gasteiger partial charge is 0.462 e. The van der Waals surface area contributed by atoms with E-state index in [0.29, 0.717) is 23.9 Å². The Balaban J connectivity index is 1.35. The molecule has 0 saturated carbocycles. The molecule has 11 nitrogen and oxygen atoms in total. The van der Waals surface area contributed by atoms with Gasteiger partial charge in [0, 0.05) is 12.2 Å². The molecule has 0 spiro atoms. The minimum atomic E-state index is -1.52. The molecule has 0 unspecified atom stereocenters. The maximum absolute atomic E-state index is 10.1. The zero-order valence-electron chi connectivity index (χ0n) is 18.5. The minimum absolute atomic E-state index is 0.0345. The number of halogens is 1. The summed E-state index contributed by atoms with van der Waals surface area (Å²) in [5.41, 5.74) is 1.81. The molecular weight excluding hydrogens is 478 g/mol. The number of nitrogens with zero attached hydrogens (tertiary/aromatic N) is 3. The molecule has 1 fully saturated rings. The van der Waals surface area contributed by atoms with Gasteiger partial charge in [0.2, 0.25) is 23.5 Å². The van der Waals surface area contributed by atoms with Crippen molar-refractivity contribution < 1.29 is 29.9 Å². The van der Waals surface area contributed by atoms with Crippen molar-refractivity contribution in [2.24, 2.45) is 0 Å². The highest BCUT2D eigenvalue weighted by Crippen LogP contribution is 2.26. The molecule has 0 amide bonds. The van der Waals surface area contributed by atoms with E-state index < -0.39 is 37.3 Å². The average Bonchev–Trinajstić information content (AvgIpc) is 2.86. The van der Waals surface area contributed by atoms with E-state index in [-0.39, 0.29) is 11.2 Å². The Morgan fingerprint density at radius 3 is 2.31 bits per heavy atom. The SMILES string of the molecule is OC[C@H]1O[C@@H](Oc2ccc(Nc3nc(Cl)nc(NCCc4ccccc4)n3)cc2)[C@H](O)[C@@H](O)[C@@H]1O. The van der Waals surface area contributed by atoms with Crippen LogP contribution in [0.2, 0.25) is 5.28 Å². The lowest BCUT2D eigenvalue weighted by molar-refractivity contribution is -0.277. The van der Waals surface area contributed by atoms with Crippen molar-refractivity contribution in [2.75, 3.05) is 23.8 Å². The van der Waals surface area contributed by atoms with Crippen LogP contribution in [0.4, 0.5) is 17.6 Å². The molecule has 6 N–H and O–H groups in total. The molecule has 1 aliphatic heterocycles. The lowest BCUT2D eigenvalue weighted by Gasteiger charge is -2.39. The standard InChI is InChI=1S/C23H26ClN5O6/c24-21-27-22(25-11-10-13-4-2-1-3-5-13)29-23(28-21)26-14-6-8-15(9-7-14)34-20-19(33)18(32)17(31)16(12-30)35-20/h1-9,16-20,30-33H,10-12H2,(H2,25,26,27,28,29)/t16-,17-,18+,19-,20-/m1/s1. The van der Waals surface area contributed by atoms with Crippen LogP contribution < -0.4 is 15.4 Å². The number of nitrogens with one attached hydrogen (secondary N) is 2. The Morgan fingerprint density at radius 2 is 1.60 bits per heavy atom. The maximum Gasteiger partial charge on any atom is 0.233 e. The lowest BCUT2D eigenvalue weighted by atomic mass is 9.99. The first-order valence-corrected chi connectivity index (χ1v) is 11.3. The molecule has 35 heavy (non-hydrogen) atoms. The molecule has 186 valence electrons. The van der Waals surface area contributed by atoms with Crippen LogP contribution >= 0.6 is 11.6 Å². The molecule has 4 rings (SSSR count). The first-order valence-electron chi connectivity index (χ1n) is 11.0. The second-order valence-corrected chi connectivity index (χ2v) is 8.22. The van der Waals surface area contributed by atoms with Crippen molar-refractivity contribution in [3.05, 3.63) is 65.4 Å². The van der Waals surface area contributed by atoms with Crippen molar-refractivity contribution in [1.82, 2.24) is 15.0 Å². The number of aliphatic hydroxyl groups excluding tert-OH is 4. The maximum atomic E-state index is 10.1. The predicted molar refractivity (Wildman–Crippen MR) is 128 cm³/mol. The highest BCUT2D eigenvalue weighted by Gasteiger charge is 2.44. The van der Waals surface area contributed by atoms with Crippen LogP contribution in [-0.4, -0.2) is 79.2 Å². The third kappa shape index (κ3) is 6.54. The first kappa shape index (κ1) is 25.0. The van der Waals surface area contributed by atoms with Gasteiger partial charge in [0.1, 0.15) is 30.2 Å². The van der Waals surface area contributed by atoms with E-state index in [1.54, 1.807) is 24.3 Å². The average molecular weight is 504 g/mol. The van der Waals surface area contributed by atoms with E-state index in [1.165, 1.54) is 5.56 Å². The van der Waals surface area contributed by atoms with Gasteiger partial charge in [0.15, 0.2) is 0 Å². The van der Waals surface area contributed by atoms with E-state index in [1.807, 2.05) is 30.3 Å². The van der Waals surface area contributed by atoms with Crippen LogP contribution in [0.3, 0.4) is 0 Å². The fourth-order valence-corrected chi connectivity index (χ4v) is 3.65. The van der Waals surface area contributed by atoms with Crippen molar-refractivity contribution in [1.29, 1.82) is 0 Å². The minimum Gasteiger partial charge on any atom is -0.462 e. The lowest BCUT2D eigenvalue weighted by Crippen LogP contribution is -2.60. The van der Waals surface area contributed by atoms with Crippen LogP contribution in [0.1, 0.15) is 5.56 Å². The molecule has 2 aromatic carbocycles. The third-order valence-corrected chi connectivity index (χ3v) is 5.53. The predicted octanol–water partition coefficient (Wildman–Crippen LogP) is 1.10. The number of ether oxygens (including phenoxy) is 2. The number of aromatic nitrogens is 3.